The van der Waals surface area contributed by atoms with Crippen LogP contribution >= 0.6 is 11.6 Å². The van der Waals surface area contributed by atoms with Crippen LogP contribution in [0.3, 0.4) is 0 Å². The normalized spacial score (nSPS) is 17.5. The summed E-state index contributed by atoms with van der Waals surface area (Å²) in [6.07, 6.45) is 6.13. The van der Waals surface area contributed by atoms with Gasteiger partial charge < -0.3 is 15.0 Å². The highest BCUT2D eigenvalue weighted by atomic mass is 35.5. The molecule has 2 N–H and O–H groups in total. The molecule has 2 aromatic carbocycles. The van der Waals surface area contributed by atoms with Gasteiger partial charge >= 0.3 is 0 Å². The average molecular weight is 599 g/mol. The zero-order chi connectivity index (χ0) is 29.3. The highest BCUT2D eigenvalue weighted by molar-refractivity contribution is 7.92. The van der Waals surface area contributed by atoms with Gasteiger partial charge in [0.1, 0.15) is 4.90 Å². The summed E-state index contributed by atoms with van der Waals surface area (Å²) in [4.78, 5) is 15.5. The maximum absolute atomic E-state index is 15.2. The number of methoxy groups -OCH3 is 1. The highest BCUT2D eigenvalue weighted by Gasteiger charge is 2.24. The molecule has 0 amide bonds. The van der Waals surface area contributed by atoms with E-state index in [4.69, 9.17) is 21.3 Å². The first-order valence-corrected chi connectivity index (χ1v) is 15.1. The number of hydrogen-bond donors (Lipinski definition) is 2. The predicted molar refractivity (Wildman–Crippen MR) is 160 cm³/mol. The second kappa shape index (κ2) is 11.8. The zero-order valence-electron chi connectivity index (χ0n) is 23.3. The van der Waals surface area contributed by atoms with E-state index in [-0.39, 0.29) is 15.8 Å². The summed E-state index contributed by atoms with van der Waals surface area (Å²) in [5.41, 5.74) is 2.63. The Morgan fingerprint density at radius 1 is 1.07 bits per heavy atom. The molecule has 9 nitrogen and oxygen atoms in total. The van der Waals surface area contributed by atoms with Crippen LogP contribution < -0.4 is 14.8 Å². The van der Waals surface area contributed by atoms with Gasteiger partial charge in [-0.2, -0.15) is 4.98 Å². The maximum atomic E-state index is 15.2. The molecular formula is C29H32ClFN6O3S. The van der Waals surface area contributed by atoms with E-state index in [1.54, 1.807) is 12.3 Å². The number of fused-ring (bicyclic) bond motifs is 1. The van der Waals surface area contributed by atoms with Crippen molar-refractivity contribution in [3.8, 4) is 17.0 Å². The largest absolute Gasteiger partial charge is 0.480 e. The second-order valence-electron chi connectivity index (χ2n) is 10.4. The van der Waals surface area contributed by atoms with Gasteiger partial charge in [-0.3, -0.25) is 4.72 Å². The van der Waals surface area contributed by atoms with Crippen LogP contribution in [0.2, 0.25) is 5.02 Å². The summed E-state index contributed by atoms with van der Waals surface area (Å²) in [7, 11) is 1.45. The first kappa shape index (κ1) is 29.0. The maximum Gasteiger partial charge on any atom is 0.264 e. The molecule has 0 atom stereocenters. The van der Waals surface area contributed by atoms with Gasteiger partial charge in [0.25, 0.3) is 10.0 Å². The number of nitrogens with zero attached hydrogens (tertiary/aromatic N) is 4. The van der Waals surface area contributed by atoms with Crippen LogP contribution in [-0.4, -0.2) is 61.6 Å². The van der Waals surface area contributed by atoms with E-state index in [2.05, 4.69) is 39.0 Å². The Labute approximate surface area is 244 Å². The van der Waals surface area contributed by atoms with Crippen LogP contribution in [0.1, 0.15) is 31.2 Å². The molecule has 1 aliphatic carbocycles. The van der Waals surface area contributed by atoms with Gasteiger partial charge in [0.15, 0.2) is 11.6 Å². The first-order chi connectivity index (χ1) is 19.6. The molecule has 0 radical (unpaired) electrons. The van der Waals surface area contributed by atoms with Crippen LogP contribution in [0, 0.1) is 12.7 Å². The number of sulfonamides is 1. The van der Waals surface area contributed by atoms with Gasteiger partial charge in [-0.1, -0.05) is 23.7 Å². The van der Waals surface area contributed by atoms with Crippen molar-refractivity contribution in [3.63, 3.8) is 0 Å². The lowest BCUT2D eigenvalue weighted by Gasteiger charge is -2.32. The van der Waals surface area contributed by atoms with Gasteiger partial charge in [-0.15, -0.1) is 0 Å². The fourth-order valence-electron chi connectivity index (χ4n) is 5.22. The molecule has 0 bridgehead atoms. The van der Waals surface area contributed by atoms with E-state index >= 15 is 4.39 Å². The Morgan fingerprint density at radius 2 is 1.80 bits per heavy atom. The number of benzene rings is 2. The third-order valence-electron chi connectivity index (χ3n) is 7.44. The van der Waals surface area contributed by atoms with Gasteiger partial charge in [0.2, 0.25) is 11.8 Å². The molecule has 2 aromatic heterocycles. The standard InChI is InChI=1S/C29H32ClFN6O3S/c1-17-13-18(14-19-16-32-29(34-26(17)19)33-20-9-11-21(12-10-20)37(2)3)22-15-24(31)27(35-28(22)40-4)36-41(38,39)25-8-6-5-7-23(25)30/h5-8,13-16,20-21H,9-12H2,1-4H3,(H,35,36)(H,32,33,34)/t20-,21-. The Bertz CT molecular complexity index is 1690. The van der Waals surface area contributed by atoms with Crippen molar-refractivity contribution in [3.05, 3.63) is 65.1 Å². The minimum Gasteiger partial charge on any atom is -0.480 e. The van der Waals surface area contributed by atoms with E-state index < -0.39 is 21.7 Å². The number of pyridine rings is 1. The molecule has 0 saturated heterocycles. The summed E-state index contributed by atoms with van der Waals surface area (Å²) in [5.74, 6) is -0.729. The van der Waals surface area contributed by atoms with Gasteiger partial charge in [0, 0.05) is 29.2 Å². The number of aryl methyl sites for hydroxylation is 1. The first-order valence-electron chi connectivity index (χ1n) is 13.3. The van der Waals surface area contributed by atoms with Crippen molar-refractivity contribution in [2.75, 3.05) is 31.2 Å². The number of rotatable bonds is 8. The molecule has 5 rings (SSSR count). The fourth-order valence-corrected chi connectivity index (χ4v) is 6.75. The lowest BCUT2D eigenvalue weighted by atomic mass is 9.90. The summed E-state index contributed by atoms with van der Waals surface area (Å²) in [5, 5.41) is 4.27. The fraction of sp³-hybridized carbons (Fsp3) is 0.345. The van der Waals surface area contributed by atoms with Gasteiger partial charge in [0.05, 0.1) is 17.6 Å². The van der Waals surface area contributed by atoms with Crippen molar-refractivity contribution in [1.82, 2.24) is 19.9 Å². The molecule has 0 unspecified atom stereocenters. The molecule has 41 heavy (non-hydrogen) atoms. The van der Waals surface area contributed by atoms with Crippen LogP contribution in [-0.2, 0) is 10.0 Å². The molecule has 12 heteroatoms. The minimum atomic E-state index is -4.19. The van der Waals surface area contributed by atoms with Crippen molar-refractivity contribution in [1.29, 1.82) is 0 Å². The highest BCUT2D eigenvalue weighted by Crippen LogP contribution is 2.35. The summed E-state index contributed by atoms with van der Waals surface area (Å²) >= 11 is 6.04. The molecular weight excluding hydrogens is 567 g/mol. The Morgan fingerprint density at radius 3 is 2.49 bits per heavy atom. The van der Waals surface area contributed by atoms with Crippen LogP contribution in [0.25, 0.3) is 22.0 Å². The van der Waals surface area contributed by atoms with Crippen molar-refractivity contribution in [2.45, 2.75) is 49.6 Å². The number of aromatic nitrogens is 3. The van der Waals surface area contributed by atoms with E-state index in [0.717, 1.165) is 42.1 Å². The molecule has 1 fully saturated rings. The number of nitrogens with one attached hydrogen (secondary N) is 2. The zero-order valence-corrected chi connectivity index (χ0v) is 24.9. The number of anilines is 2. The lowest BCUT2D eigenvalue weighted by molar-refractivity contribution is 0.221. The summed E-state index contributed by atoms with van der Waals surface area (Å²) in [6, 6.07) is 11.7. The summed E-state index contributed by atoms with van der Waals surface area (Å²) in [6.45, 7) is 1.92. The minimum absolute atomic E-state index is 0.00733. The summed E-state index contributed by atoms with van der Waals surface area (Å²) < 4.78 is 48.6. The van der Waals surface area contributed by atoms with Crippen molar-refractivity contribution in [2.24, 2.45) is 0 Å². The number of hydrogen-bond acceptors (Lipinski definition) is 8. The van der Waals surface area contributed by atoms with Crippen molar-refractivity contribution >= 4 is 44.3 Å². The average Bonchev–Trinajstić information content (AvgIpc) is 2.94. The third-order valence-corrected chi connectivity index (χ3v) is 9.28. The predicted octanol–water partition coefficient (Wildman–Crippen LogP) is 5.89. The Hall–Kier alpha value is -3.54. The van der Waals surface area contributed by atoms with E-state index in [0.29, 0.717) is 29.2 Å². The molecule has 4 aromatic rings. The second-order valence-corrected chi connectivity index (χ2v) is 12.5. The SMILES string of the molecule is COc1nc(NS(=O)(=O)c2ccccc2Cl)c(F)cc1-c1cc(C)c2nc(N[C@H]3CC[C@H](N(C)C)CC3)ncc2c1. The quantitative estimate of drug-likeness (QED) is 0.258. The molecule has 1 aliphatic rings. The molecule has 1 saturated carbocycles. The Balaban J connectivity index is 1.41. The van der Waals surface area contributed by atoms with Crippen molar-refractivity contribution < 1.29 is 17.5 Å². The molecule has 2 heterocycles. The van der Waals surface area contributed by atoms with Crippen LogP contribution in [0.15, 0.2) is 53.6 Å². The molecule has 216 valence electrons. The lowest BCUT2D eigenvalue weighted by Crippen LogP contribution is -2.36. The number of halogens is 2. The van der Waals surface area contributed by atoms with Gasteiger partial charge in [-0.25, -0.2) is 22.8 Å². The number of ether oxygens (including phenoxy) is 1. The molecule has 0 aliphatic heterocycles. The van der Waals surface area contributed by atoms with E-state index in [1.165, 1.54) is 31.4 Å². The van der Waals surface area contributed by atoms with Crippen LogP contribution in [0.4, 0.5) is 16.2 Å². The van der Waals surface area contributed by atoms with E-state index in [1.807, 2.05) is 19.1 Å². The topological polar surface area (TPSA) is 109 Å². The van der Waals surface area contributed by atoms with Crippen LogP contribution in [0.5, 0.6) is 5.88 Å². The monoisotopic (exact) mass is 598 g/mol. The molecule has 0 spiro atoms. The third kappa shape index (κ3) is 6.22. The van der Waals surface area contributed by atoms with Gasteiger partial charge in [-0.05, 0) is 88.2 Å². The van der Waals surface area contributed by atoms with E-state index in [9.17, 15) is 8.42 Å². The smallest absolute Gasteiger partial charge is 0.264 e. The Kier molecular flexibility index (Phi) is 8.30.